The highest BCUT2D eigenvalue weighted by atomic mass is 32.2. The molecule has 2 aromatic rings. The average Bonchev–Trinajstić information content (AvgIpc) is 2.29. The highest BCUT2D eigenvalue weighted by Crippen LogP contribution is 2.39. The minimum atomic E-state index is 0.368. The van der Waals surface area contributed by atoms with E-state index in [4.69, 9.17) is 0 Å². The van der Waals surface area contributed by atoms with Crippen LogP contribution in [0.25, 0.3) is 10.8 Å². The molecule has 2 rings (SSSR count). The van der Waals surface area contributed by atoms with Crippen molar-refractivity contribution in [2.45, 2.75) is 9.79 Å². The maximum atomic E-state index is 9.88. The molecular weight excluding hydrogens is 224 g/mol. The maximum Gasteiger partial charge on any atom is 0.124 e. The molecule has 0 atom stereocenters. The number of rotatable bonds is 2. The summed E-state index contributed by atoms with van der Waals surface area (Å²) in [5, 5.41) is 11.9. The fraction of sp³-hybridized carbons (Fsp3) is 0.167. The van der Waals surface area contributed by atoms with E-state index in [1.807, 2.05) is 30.5 Å². The Kier molecular flexibility index (Phi) is 3.12. The summed E-state index contributed by atoms with van der Waals surface area (Å²) in [6.07, 6.45) is 4.10. The van der Waals surface area contributed by atoms with Crippen LogP contribution < -0.4 is 0 Å². The van der Waals surface area contributed by atoms with Crippen LogP contribution in [0.15, 0.2) is 40.1 Å². The predicted molar refractivity (Wildman–Crippen MR) is 69.2 cm³/mol. The van der Waals surface area contributed by atoms with Gasteiger partial charge in [-0.2, -0.15) is 0 Å². The number of hydrogen-bond acceptors (Lipinski definition) is 3. The first kappa shape index (κ1) is 10.7. The molecule has 2 aromatic carbocycles. The molecule has 0 aliphatic rings. The Balaban J connectivity index is 2.85. The Bertz CT molecular complexity index is 494. The van der Waals surface area contributed by atoms with Crippen LogP contribution in [0.4, 0.5) is 0 Å². The van der Waals surface area contributed by atoms with E-state index in [1.165, 1.54) is 4.90 Å². The fourth-order valence-electron chi connectivity index (χ4n) is 1.67. The molecule has 1 nitrogen and oxygen atoms in total. The van der Waals surface area contributed by atoms with Crippen molar-refractivity contribution in [2.75, 3.05) is 12.5 Å². The predicted octanol–water partition coefficient (Wildman–Crippen LogP) is 3.99. The first-order valence-electron chi connectivity index (χ1n) is 4.60. The summed E-state index contributed by atoms with van der Waals surface area (Å²) in [6, 6.07) is 9.81. The summed E-state index contributed by atoms with van der Waals surface area (Å²) in [7, 11) is 0. The minimum absolute atomic E-state index is 0.368. The van der Waals surface area contributed by atoms with Gasteiger partial charge in [-0.3, -0.25) is 0 Å². The molecule has 0 amide bonds. The third-order valence-corrected chi connectivity index (χ3v) is 4.10. The summed E-state index contributed by atoms with van der Waals surface area (Å²) in [4.78, 5) is 2.38. The van der Waals surface area contributed by atoms with Gasteiger partial charge in [0, 0.05) is 20.6 Å². The molecule has 0 spiro atoms. The molecule has 0 fully saturated rings. The number of thioether (sulfide) groups is 2. The maximum absolute atomic E-state index is 9.88. The van der Waals surface area contributed by atoms with Crippen LogP contribution in [0.3, 0.4) is 0 Å². The van der Waals surface area contributed by atoms with Gasteiger partial charge >= 0.3 is 0 Å². The van der Waals surface area contributed by atoms with Gasteiger partial charge in [-0.05, 0) is 18.6 Å². The van der Waals surface area contributed by atoms with Gasteiger partial charge in [0.25, 0.3) is 0 Å². The van der Waals surface area contributed by atoms with Crippen molar-refractivity contribution >= 4 is 34.3 Å². The molecule has 15 heavy (non-hydrogen) atoms. The zero-order chi connectivity index (χ0) is 10.8. The first-order chi connectivity index (χ1) is 7.27. The largest absolute Gasteiger partial charge is 0.507 e. The number of phenols is 1. The number of aromatic hydroxyl groups is 1. The summed E-state index contributed by atoms with van der Waals surface area (Å²) in [5.74, 6) is 0.368. The molecule has 0 aliphatic heterocycles. The van der Waals surface area contributed by atoms with Crippen molar-refractivity contribution in [1.82, 2.24) is 0 Å². The van der Waals surface area contributed by atoms with E-state index in [0.717, 1.165) is 15.7 Å². The minimum Gasteiger partial charge on any atom is -0.507 e. The number of fused-ring (bicyclic) bond motifs is 1. The molecule has 0 aromatic heterocycles. The van der Waals surface area contributed by atoms with Crippen LogP contribution in [-0.2, 0) is 0 Å². The Hall–Kier alpha value is -0.800. The number of hydrogen-bond donors (Lipinski definition) is 1. The van der Waals surface area contributed by atoms with Crippen LogP contribution in [0.1, 0.15) is 0 Å². The molecule has 0 saturated heterocycles. The second-order valence-corrected chi connectivity index (χ2v) is 4.84. The van der Waals surface area contributed by atoms with E-state index in [2.05, 4.69) is 12.3 Å². The number of phenolic OH excluding ortho intramolecular Hbond substituents is 1. The Morgan fingerprint density at radius 1 is 1.00 bits per heavy atom. The third-order valence-electron chi connectivity index (χ3n) is 2.36. The molecule has 0 saturated carbocycles. The lowest BCUT2D eigenvalue weighted by molar-refractivity contribution is 0.480. The van der Waals surface area contributed by atoms with Gasteiger partial charge in [-0.15, -0.1) is 23.5 Å². The van der Waals surface area contributed by atoms with Gasteiger partial charge in [0.2, 0.25) is 0 Å². The summed E-state index contributed by atoms with van der Waals surface area (Å²) in [5.41, 5.74) is 0. The standard InChI is InChI=1S/C12H12OS2/c1-14-11-7-10(13)8-5-3-4-6-9(8)12(11)15-2/h3-7,13H,1-2H3. The first-order valence-corrected chi connectivity index (χ1v) is 7.05. The van der Waals surface area contributed by atoms with Crippen LogP contribution >= 0.6 is 23.5 Å². The van der Waals surface area contributed by atoms with Crippen molar-refractivity contribution in [3.8, 4) is 5.75 Å². The zero-order valence-electron chi connectivity index (χ0n) is 8.65. The number of benzene rings is 2. The molecule has 1 N–H and O–H groups in total. The SMILES string of the molecule is CSc1cc(O)c2ccccc2c1SC. The van der Waals surface area contributed by atoms with Crippen LogP contribution in [0.2, 0.25) is 0 Å². The molecule has 0 radical (unpaired) electrons. The van der Waals surface area contributed by atoms with Gasteiger partial charge < -0.3 is 5.11 Å². The molecule has 0 heterocycles. The topological polar surface area (TPSA) is 20.2 Å². The zero-order valence-corrected chi connectivity index (χ0v) is 10.3. The molecule has 78 valence electrons. The van der Waals surface area contributed by atoms with Crippen molar-refractivity contribution in [1.29, 1.82) is 0 Å². The molecular formula is C12H12OS2. The quantitative estimate of drug-likeness (QED) is 0.796. The van der Waals surface area contributed by atoms with Crippen LogP contribution in [0, 0.1) is 0 Å². The molecule has 3 heteroatoms. The lowest BCUT2D eigenvalue weighted by atomic mass is 10.1. The average molecular weight is 236 g/mol. The normalized spacial score (nSPS) is 10.8. The lowest BCUT2D eigenvalue weighted by Gasteiger charge is -2.10. The second-order valence-electron chi connectivity index (χ2n) is 3.18. The van der Waals surface area contributed by atoms with Gasteiger partial charge in [0.05, 0.1) is 0 Å². The monoisotopic (exact) mass is 236 g/mol. The van der Waals surface area contributed by atoms with Crippen LogP contribution in [-0.4, -0.2) is 17.6 Å². The summed E-state index contributed by atoms with van der Waals surface area (Å²) in [6.45, 7) is 0. The van der Waals surface area contributed by atoms with Crippen LogP contribution in [0.5, 0.6) is 5.75 Å². The van der Waals surface area contributed by atoms with Crippen molar-refractivity contribution < 1.29 is 5.11 Å². The van der Waals surface area contributed by atoms with E-state index in [1.54, 1.807) is 23.5 Å². The van der Waals surface area contributed by atoms with E-state index >= 15 is 0 Å². The molecule has 0 aliphatic carbocycles. The van der Waals surface area contributed by atoms with Gasteiger partial charge in [-0.25, -0.2) is 0 Å². The molecule has 0 unspecified atom stereocenters. The van der Waals surface area contributed by atoms with Crippen molar-refractivity contribution in [2.24, 2.45) is 0 Å². The van der Waals surface area contributed by atoms with Gasteiger partial charge in [0.15, 0.2) is 0 Å². The highest BCUT2D eigenvalue weighted by molar-refractivity contribution is 8.01. The van der Waals surface area contributed by atoms with E-state index in [-0.39, 0.29) is 0 Å². The summed E-state index contributed by atoms with van der Waals surface area (Å²) < 4.78 is 0. The Morgan fingerprint density at radius 2 is 1.67 bits per heavy atom. The van der Waals surface area contributed by atoms with E-state index in [9.17, 15) is 5.11 Å². The second kappa shape index (κ2) is 4.37. The Morgan fingerprint density at radius 3 is 2.27 bits per heavy atom. The van der Waals surface area contributed by atoms with Gasteiger partial charge in [-0.1, -0.05) is 24.3 Å². The lowest BCUT2D eigenvalue weighted by Crippen LogP contribution is -1.82. The van der Waals surface area contributed by atoms with E-state index in [0.29, 0.717) is 5.75 Å². The fourth-order valence-corrected chi connectivity index (χ4v) is 3.35. The smallest absolute Gasteiger partial charge is 0.124 e. The van der Waals surface area contributed by atoms with Crippen molar-refractivity contribution in [3.63, 3.8) is 0 Å². The Labute approximate surface area is 97.9 Å². The third kappa shape index (κ3) is 1.82. The highest BCUT2D eigenvalue weighted by Gasteiger charge is 2.09. The molecule has 0 bridgehead atoms. The van der Waals surface area contributed by atoms with Crippen molar-refractivity contribution in [3.05, 3.63) is 30.3 Å². The summed E-state index contributed by atoms with van der Waals surface area (Å²) >= 11 is 3.39. The van der Waals surface area contributed by atoms with Gasteiger partial charge in [0.1, 0.15) is 5.75 Å². The van der Waals surface area contributed by atoms with E-state index < -0.39 is 0 Å².